The zero-order chi connectivity index (χ0) is 21.1. The molecular weight excluding hydrogens is 400 g/mol. The van der Waals surface area contributed by atoms with Crippen molar-refractivity contribution in [3.63, 3.8) is 0 Å². The van der Waals surface area contributed by atoms with Gasteiger partial charge in [0.1, 0.15) is 5.76 Å². The van der Waals surface area contributed by atoms with Crippen LogP contribution in [-0.4, -0.2) is 56.6 Å². The van der Waals surface area contributed by atoms with E-state index >= 15 is 0 Å². The van der Waals surface area contributed by atoms with Crippen LogP contribution in [0.15, 0.2) is 52.2 Å². The van der Waals surface area contributed by atoms with Crippen LogP contribution in [0.5, 0.6) is 0 Å². The van der Waals surface area contributed by atoms with Crippen LogP contribution >= 0.6 is 11.8 Å². The van der Waals surface area contributed by atoms with E-state index in [0.717, 1.165) is 27.9 Å². The Balaban J connectivity index is 1.54. The number of amides is 1. The number of benzene rings is 1. The summed E-state index contributed by atoms with van der Waals surface area (Å²) in [7, 11) is 0. The Morgan fingerprint density at radius 1 is 1.13 bits per heavy atom. The van der Waals surface area contributed by atoms with Crippen molar-refractivity contribution in [2.24, 2.45) is 0 Å². The average Bonchev–Trinajstić information content (AvgIpc) is 3.32. The maximum absolute atomic E-state index is 12.8. The highest BCUT2D eigenvalue weighted by Gasteiger charge is 2.26. The van der Waals surface area contributed by atoms with Crippen molar-refractivity contribution in [2.45, 2.75) is 44.7 Å². The van der Waals surface area contributed by atoms with Crippen LogP contribution in [0.1, 0.15) is 25.2 Å². The number of aromatic nitrogens is 3. The van der Waals surface area contributed by atoms with Crippen molar-refractivity contribution in [2.75, 3.05) is 18.8 Å². The molecule has 1 amide bonds. The molecule has 1 aromatic carbocycles. The van der Waals surface area contributed by atoms with Crippen molar-refractivity contribution in [1.82, 2.24) is 19.7 Å². The van der Waals surface area contributed by atoms with Gasteiger partial charge in [0.05, 0.1) is 36.3 Å². The lowest BCUT2D eigenvalue weighted by atomic mass is 10.2. The molecule has 1 aliphatic heterocycles. The molecule has 4 rings (SSSR count). The van der Waals surface area contributed by atoms with E-state index in [9.17, 15) is 4.79 Å². The van der Waals surface area contributed by atoms with E-state index in [2.05, 4.69) is 26.9 Å². The number of thioether (sulfide) groups is 1. The molecule has 1 aliphatic rings. The minimum atomic E-state index is 0.0557. The standard InChI is InChI=1S/C22H26N4O3S/c1-15-11-25(12-16(2)29-15)20(27)14-30-22-24-23-21(19-9-10-28-17(19)3)26(22)13-18-7-5-4-6-8-18/h4-10,15-16H,11-14H2,1-3H3. The highest BCUT2D eigenvalue weighted by molar-refractivity contribution is 7.99. The van der Waals surface area contributed by atoms with E-state index in [1.807, 2.05) is 49.9 Å². The van der Waals surface area contributed by atoms with E-state index < -0.39 is 0 Å². The molecule has 0 aliphatic carbocycles. The second-order valence-electron chi connectivity index (χ2n) is 7.61. The van der Waals surface area contributed by atoms with Crippen molar-refractivity contribution >= 4 is 17.7 Å². The lowest BCUT2D eigenvalue weighted by molar-refractivity contribution is -0.140. The van der Waals surface area contributed by atoms with Crippen LogP contribution in [0.25, 0.3) is 11.4 Å². The van der Waals surface area contributed by atoms with E-state index in [0.29, 0.717) is 25.4 Å². The van der Waals surface area contributed by atoms with Crippen LogP contribution < -0.4 is 0 Å². The monoisotopic (exact) mass is 426 g/mol. The second kappa shape index (κ2) is 9.06. The fourth-order valence-electron chi connectivity index (χ4n) is 3.72. The van der Waals surface area contributed by atoms with Crippen LogP contribution in [0.2, 0.25) is 0 Å². The van der Waals surface area contributed by atoms with Gasteiger partial charge in [-0.1, -0.05) is 42.1 Å². The van der Waals surface area contributed by atoms with Gasteiger partial charge in [-0.2, -0.15) is 0 Å². The molecule has 2 unspecified atom stereocenters. The first kappa shape index (κ1) is 20.7. The van der Waals surface area contributed by atoms with Gasteiger partial charge in [0.25, 0.3) is 0 Å². The van der Waals surface area contributed by atoms with Gasteiger partial charge >= 0.3 is 0 Å². The lowest BCUT2D eigenvalue weighted by Gasteiger charge is -2.35. The lowest BCUT2D eigenvalue weighted by Crippen LogP contribution is -2.48. The molecular formula is C22H26N4O3S. The van der Waals surface area contributed by atoms with E-state index in [1.54, 1.807) is 6.26 Å². The van der Waals surface area contributed by atoms with Crippen molar-refractivity contribution in [1.29, 1.82) is 0 Å². The quantitative estimate of drug-likeness (QED) is 0.561. The summed E-state index contributed by atoms with van der Waals surface area (Å²) in [6.07, 6.45) is 1.77. The number of hydrogen-bond acceptors (Lipinski definition) is 6. The smallest absolute Gasteiger partial charge is 0.233 e. The molecule has 0 bridgehead atoms. The molecule has 0 N–H and O–H groups in total. The predicted molar refractivity (Wildman–Crippen MR) is 115 cm³/mol. The van der Waals surface area contributed by atoms with Crippen LogP contribution in [0, 0.1) is 6.92 Å². The number of hydrogen-bond donors (Lipinski definition) is 0. The second-order valence-corrected chi connectivity index (χ2v) is 8.56. The number of ether oxygens (including phenoxy) is 1. The summed E-state index contributed by atoms with van der Waals surface area (Å²) < 4.78 is 13.3. The number of carbonyl (C=O) groups excluding carboxylic acids is 1. The maximum Gasteiger partial charge on any atom is 0.233 e. The summed E-state index contributed by atoms with van der Waals surface area (Å²) >= 11 is 1.42. The molecule has 1 saturated heterocycles. The van der Waals surface area contributed by atoms with Crippen molar-refractivity contribution in [3.05, 3.63) is 54.0 Å². The molecule has 8 heteroatoms. The number of rotatable bonds is 6. The third kappa shape index (κ3) is 4.60. The van der Waals surface area contributed by atoms with Crippen molar-refractivity contribution < 1.29 is 13.9 Å². The number of nitrogens with zero attached hydrogens (tertiary/aromatic N) is 4. The fraction of sp³-hybridized carbons (Fsp3) is 0.409. The number of furan rings is 1. The summed E-state index contributed by atoms with van der Waals surface area (Å²) in [6.45, 7) is 7.78. The van der Waals surface area contributed by atoms with Crippen LogP contribution in [0.3, 0.4) is 0 Å². The summed E-state index contributed by atoms with van der Waals surface area (Å²) in [5.41, 5.74) is 2.05. The van der Waals surface area contributed by atoms with Gasteiger partial charge in [0.2, 0.25) is 5.91 Å². The number of morpholine rings is 1. The highest BCUT2D eigenvalue weighted by atomic mass is 32.2. The molecule has 2 aromatic heterocycles. The SMILES string of the molecule is Cc1occc1-c1nnc(SCC(=O)N2CC(C)OC(C)C2)n1Cc1ccccc1. The first-order chi connectivity index (χ1) is 14.5. The van der Waals surface area contributed by atoms with Gasteiger partial charge in [-0.25, -0.2) is 0 Å². The maximum atomic E-state index is 12.8. The van der Waals surface area contributed by atoms with Crippen LogP contribution in [-0.2, 0) is 16.1 Å². The third-order valence-electron chi connectivity index (χ3n) is 5.10. The van der Waals surface area contributed by atoms with Gasteiger partial charge in [-0.3, -0.25) is 9.36 Å². The van der Waals surface area contributed by atoms with Gasteiger partial charge in [0, 0.05) is 13.1 Å². The highest BCUT2D eigenvalue weighted by Crippen LogP contribution is 2.28. The third-order valence-corrected chi connectivity index (χ3v) is 6.05. The Morgan fingerprint density at radius 3 is 2.53 bits per heavy atom. The van der Waals surface area contributed by atoms with Crippen LogP contribution in [0.4, 0.5) is 0 Å². The summed E-state index contributed by atoms with van der Waals surface area (Å²) in [5, 5.41) is 9.53. The topological polar surface area (TPSA) is 73.4 Å². The molecule has 7 nitrogen and oxygen atoms in total. The molecule has 3 heterocycles. The fourth-order valence-corrected chi connectivity index (χ4v) is 4.56. The largest absolute Gasteiger partial charge is 0.469 e. The van der Waals surface area contributed by atoms with E-state index in [-0.39, 0.29) is 18.1 Å². The van der Waals surface area contributed by atoms with Gasteiger partial charge in [-0.05, 0) is 32.4 Å². The number of carbonyl (C=O) groups is 1. The molecule has 1 fully saturated rings. The van der Waals surface area contributed by atoms with Gasteiger partial charge in [0.15, 0.2) is 11.0 Å². The molecule has 0 spiro atoms. The minimum absolute atomic E-state index is 0.0557. The molecule has 3 aromatic rings. The zero-order valence-electron chi connectivity index (χ0n) is 17.4. The molecule has 158 valence electrons. The molecule has 2 atom stereocenters. The Labute approximate surface area is 180 Å². The summed E-state index contributed by atoms with van der Waals surface area (Å²) in [6, 6.07) is 12.1. The Hall–Kier alpha value is -2.58. The summed E-state index contributed by atoms with van der Waals surface area (Å²) in [4.78, 5) is 14.7. The van der Waals surface area contributed by atoms with E-state index in [4.69, 9.17) is 9.15 Å². The summed E-state index contributed by atoms with van der Waals surface area (Å²) in [5.74, 6) is 1.95. The van der Waals surface area contributed by atoms with Gasteiger partial charge in [-0.15, -0.1) is 10.2 Å². The first-order valence-electron chi connectivity index (χ1n) is 10.1. The Kier molecular flexibility index (Phi) is 6.24. The normalized spacial score (nSPS) is 19.2. The molecule has 0 radical (unpaired) electrons. The minimum Gasteiger partial charge on any atom is -0.469 e. The van der Waals surface area contributed by atoms with Crippen molar-refractivity contribution in [3.8, 4) is 11.4 Å². The van der Waals surface area contributed by atoms with Gasteiger partial charge < -0.3 is 14.1 Å². The average molecular weight is 427 g/mol. The molecule has 30 heavy (non-hydrogen) atoms. The number of aryl methyl sites for hydroxylation is 1. The Morgan fingerprint density at radius 2 is 1.87 bits per heavy atom. The predicted octanol–water partition coefficient (Wildman–Crippen LogP) is 3.62. The molecule has 0 saturated carbocycles. The first-order valence-corrected chi connectivity index (χ1v) is 11.1. The Bertz CT molecular complexity index is 991. The zero-order valence-corrected chi connectivity index (χ0v) is 18.3. The van der Waals surface area contributed by atoms with E-state index in [1.165, 1.54) is 11.8 Å².